The number of fused-ring (bicyclic) bond motifs is 2. The van der Waals surface area contributed by atoms with Gasteiger partial charge in [-0.1, -0.05) is 48.5 Å². The van der Waals surface area contributed by atoms with Gasteiger partial charge in [0, 0.05) is 5.92 Å². The highest BCUT2D eigenvalue weighted by Gasteiger charge is 2.65. The van der Waals surface area contributed by atoms with Crippen molar-refractivity contribution in [3.05, 3.63) is 77.8 Å². The third-order valence-electron chi connectivity index (χ3n) is 7.33. The zero-order valence-electron chi connectivity index (χ0n) is 24.0. The van der Waals surface area contributed by atoms with E-state index in [0.29, 0.717) is 11.2 Å². The van der Waals surface area contributed by atoms with E-state index in [1.807, 2.05) is 6.07 Å². The molecule has 5 N–H and O–H groups in total. The van der Waals surface area contributed by atoms with E-state index in [4.69, 9.17) is 40.2 Å². The number of carbonyl (C=O) groups is 1. The number of imidazole rings is 1. The fourth-order valence-corrected chi connectivity index (χ4v) is 8.29. The Kier molecular flexibility index (Phi) is 9.18. The average Bonchev–Trinajstić information content (AvgIpc) is 3.37. The predicted molar refractivity (Wildman–Crippen MR) is 162 cm³/mol. The second-order valence-electron chi connectivity index (χ2n) is 10.6. The lowest BCUT2D eigenvalue weighted by Gasteiger charge is -2.25. The normalized spacial score (nSPS) is 25.3. The van der Waals surface area contributed by atoms with E-state index in [1.165, 1.54) is 25.4 Å². The van der Waals surface area contributed by atoms with Gasteiger partial charge in [0.05, 0.1) is 31.2 Å². The minimum absolute atomic E-state index is 0.0178. The second kappa shape index (κ2) is 13.0. The Balaban J connectivity index is 1.08. The number of esters is 1. The number of phosphoric acid groups is 1. The maximum Gasteiger partial charge on any atom is 0.481 e. The minimum Gasteiger partial charge on any atom is -0.460 e. The predicted octanol–water partition coefficient (Wildman–Crippen LogP) is 3.40. The molecule has 0 spiro atoms. The number of carbonyl (C=O) groups excluding carboxylic acids is 1. The van der Waals surface area contributed by atoms with Crippen molar-refractivity contribution in [2.75, 3.05) is 12.3 Å². The number of aromatic nitrogens is 4. The number of benzene rings is 2. The molecule has 8 atom stereocenters. The Morgan fingerprint density at radius 2 is 1.85 bits per heavy atom. The highest BCUT2D eigenvalue weighted by molar-refractivity contribution is 7.63. The van der Waals surface area contributed by atoms with Gasteiger partial charge in [0.1, 0.15) is 30.0 Å². The summed E-state index contributed by atoms with van der Waals surface area (Å²) in [5.74, 6) is -1.12. The van der Waals surface area contributed by atoms with E-state index >= 15 is 0 Å². The van der Waals surface area contributed by atoms with E-state index in [0.717, 1.165) is 5.56 Å². The maximum atomic E-state index is 13.7. The molecular formula is C27H29ClN6O10P2. The summed E-state index contributed by atoms with van der Waals surface area (Å²) < 4.78 is 55.1. The molecule has 4 aromatic rings. The summed E-state index contributed by atoms with van der Waals surface area (Å²) in [6.07, 6.45) is -1.15. The first kappa shape index (κ1) is 32.5. The molecule has 2 aliphatic rings. The minimum atomic E-state index is -5.15. The quantitative estimate of drug-likeness (QED) is 0.0895. The van der Waals surface area contributed by atoms with E-state index in [-0.39, 0.29) is 29.5 Å². The number of rotatable bonds is 13. The van der Waals surface area contributed by atoms with Crippen LogP contribution in [0.25, 0.3) is 11.2 Å². The number of nitrogens with two attached hydrogens (primary N) is 1. The molecule has 46 heavy (non-hydrogen) atoms. The van der Waals surface area contributed by atoms with Crippen molar-refractivity contribution in [3.8, 4) is 5.75 Å². The summed E-state index contributed by atoms with van der Waals surface area (Å²) in [5, 5.41) is 13.2. The number of halogens is 1. The number of aliphatic hydroxyl groups is 1. The number of hydrogen-bond donors (Lipinski definition) is 4. The molecule has 19 heteroatoms. The summed E-state index contributed by atoms with van der Waals surface area (Å²) in [6.45, 7) is 0.668. The van der Waals surface area contributed by atoms with Crippen molar-refractivity contribution in [1.29, 1.82) is 0 Å². The second-order valence-corrected chi connectivity index (χ2v) is 14.2. The van der Waals surface area contributed by atoms with Crippen molar-refractivity contribution >= 4 is 50.1 Å². The smallest absolute Gasteiger partial charge is 0.460 e. The van der Waals surface area contributed by atoms with Gasteiger partial charge in [0.25, 0.3) is 0 Å². The van der Waals surface area contributed by atoms with Gasteiger partial charge in [-0.15, -0.1) is 0 Å². The SMILES string of the molecule is C[C@H](NP(=O)(Oc1ccccc1)OP(=O)(O)OCC1OC2C(C1O)C2n1cnc2c(N)nc(Cl)nc21)C(=O)OCc1ccccc1. The highest BCUT2D eigenvalue weighted by Crippen LogP contribution is 2.61. The summed E-state index contributed by atoms with van der Waals surface area (Å²) >= 11 is 5.95. The summed E-state index contributed by atoms with van der Waals surface area (Å²) in [7, 11) is -9.90. The molecule has 0 radical (unpaired) electrons. The van der Waals surface area contributed by atoms with Gasteiger partial charge < -0.3 is 34.3 Å². The molecule has 0 amide bonds. The largest absolute Gasteiger partial charge is 0.481 e. The first-order valence-corrected chi connectivity index (χ1v) is 17.4. The molecule has 1 aliphatic heterocycles. The van der Waals surface area contributed by atoms with E-state index in [9.17, 15) is 23.9 Å². The molecule has 2 fully saturated rings. The molecule has 1 aliphatic carbocycles. The Morgan fingerprint density at radius 3 is 2.52 bits per heavy atom. The first-order chi connectivity index (χ1) is 21.9. The zero-order valence-corrected chi connectivity index (χ0v) is 26.6. The van der Waals surface area contributed by atoms with Crippen LogP contribution in [0.3, 0.4) is 0 Å². The third-order valence-corrected chi connectivity index (χ3v) is 10.8. The van der Waals surface area contributed by atoms with Crippen molar-refractivity contribution in [2.45, 2.75) is 43.9 Å². The van der Waals surface area contributed by atoms with Crippen LogP contribution in [-0.2, 0) is 38.8 Å². The molecule has 244 valence electrons. The summed E-state index contributed by atoms with van der Waals surface area (Å²) in [4.78, 5) is 35.5. The van der Waals surface area contributed by atoms with E-state index in [2.05, 4.69) is 20.0 Å². The van der Waals surface area contributed by atoms with Gasteiger partial charge in [0.2, 0.25) is 5.28 Å². The number of aliphatic hydroxyl groups excluding tert-OH is 1. The topological polar surface area (TPSA) is 219 Å². The van der Waals surface area contributed by atoms with Gasteiger partial charge in [-0.2, -0.15) is 19.4 Å². The number of anilines is 1. The fourth-order valence-electron chi connectivity index (χ4n) is 5.16. The monoisotopic (exact) mass is 694 g/mol. The van der Waals surface area contributed by atoms with Crippen molar-refractivity contribution in [3.63, 3.8) is 0 Å². The van der Waals surface area contributed by atoms with Crippen LogP contribution in [0.15, 0.2) is 67.0 Å². The van der Waals surface area contributed by atoms with Gasteiger partial charge in [-0.3, -0.25) is 9.32 Å². The third kappa shape index (κ3) is 7.10. The van der Waals surface area contributed by atoms with Crippen LogP contribution in [0, 0.1) is 5.92 Å². The van der Waals surface area contributed by atoms with Crippen molar-refractivity contribution in [1.82, 2.24) is 24.6 Å². The van der Waals surface area contributed by atoms with Crippen molar-refractivity contribution < 1.29 is 46.8 Å². The average molecular weight is 695 g/mol. The number of phosphoric ester groups is 1. The van der Waals surface area contributed by atoms with Crippen LogP contribution in [-0.4, -0.2) is 66.4 Å². The van der Waals surface area contributed by atoms with E-state index < -0.39 is 58.4 Å². The highest BCUT2D eigenvalue weighted by atomic mass is 35.5. The molecule has 2 aromatic heterocycles. The van der Waals surface area contributed by atoms with Crippen LogP contribution in [0.5, 0.6) is 5.75 Å². The zero-order chi connectivity index (χ0) is 32.6. The first-order valence-electron chi connectivity index (χ1n) is 13.9. The lowest BCUT2D eigenvalue weighted by Crippen LogP contribution is -2.35. The van der Waals surface area contributed by atoms with Crippen LogP contribution in [0.2, 0.25) is 5.28 Å². The number of ether oxygens (including phenoxy) is 2. The van der Waals surface area contributed by atoms with Gasteiger partial charge >= 0.3 is 21.5 Å². The van der Waals surface area contributed by atoms with Gasteiger partial charge in [-0.05, 0) is 36.2 Å². The standard InChI is InChI=1S/C27H29ClN6O10P2/c1-15(26(36)40-12-16-8-4-2-5-9-16)33-45(37,43-17-10-6-3-7-11-17)44-46(38,39)41-13-18-22(35)19-21(23(19)42-18)34-14-30-20-24(29)31-27(28)32-25(20)34/h2-11,14-15,18-19,21-23,35H,12-13H2,1H3,(H,33,37)(H,38,39)(H2,29,31,32)/t15-,18?,19?,21?,22?,23?,45?/m0/s1. The summed E-state index contributed by atoms with van der Waals surface area (Å²) in [5.41, 5.74) is 7.31. The van der Waals surface area contributed by atoms with Crippen LogP contribution < -0.4 is 15.3 Å². The number of hydrogen-bond acceptors (Lipinski definition) is 13. The number of nitrogen functional groups attached to an aromatic ring is 1. The molecule has 2 aromatic carbocycles. The Morgan fingerprint density at radius 1 is 1.15 bits per heavy atom. The lowest BCUT2D eigenvalue weighted by molar-refractivity contribution is -0.146. The molecule has 16 nitrogen and oxygen atoms in total. The lowest BCUT2D eigenvalue weighted by atomic mass is 10.1. The molecular weight excluding hydrogens is 666 g/mol. The number of nitrogens with one attached hydrogen (secondary N) is 1. The molecule has 1 saturated carbocycles. The van der Waals surface area contributed by atoms with Crippen LogP contribution in [0.4, 0.5) is 5.82 Å². The summed E-state index contributed by atoms with van der Waals surface area (Å²) in [6, 6.07) is 14.9. The van der Waals surface area contributed by atoms with Crippen LogP contribution >= 0.6 is 27.2 Å². The van der Waals surface area contributed by atoms with Crippen LogP contribution in [0.1, 0.15) is 18.5 Å². The molecule has 6 rings (SSSR count). The molecule has 7 unspecified atom stereocenters. The Hall–Kier alpha value is -3.43. The van der Waals surface area contributed by atoms with Gasteiger partial charge in [-0.25, -0.2) is 14.1 Å². The molecule has 3 heterocycles. The van der Waals surface area contributed by atoms with Gasteiger partial charge in [0.15, 0.2) is 11.5 Å². The number of para-hydroxylation sites is 1. The van der Waals surface area contributed by atoms with E-state index in [1.54, 1.807) is 47.0 Å². The Labute approximate surface area is 267 Å². The maximum absolute atomic E-state index is 13.7. The Bertz CT molecular complexity index is 1820. The molecule has 1 saturated heterocycles. The van der Waals surface area contributed by atoms with Crippen molar-refractivity contribution in [2.24, 2.45) is 5.92 Å². The fraction of sp³-hybridized carbons (Fsp3) is 0.333. The number of nitrogens with zero attached hydrogens (tertiary/aromatic N) is 4. The molecule has 0 bridgehead atoms.